The number of carbonyl (C=O) groups is 1. The van der Waals surface area contributed by atoms with Crippen LogP contribution in [0.3, 0.4) is 0 Å². The second-order valence-corrected chi connectivity index (χ2v) is 7.72. The Morgan fingerprint density at radius 2 is 1.86 bits per heavy atom. The molecule has 1 aliphatic heterocycles. The average molecular weight is 318 g/mol. The van der Waals surface area contributed by atoms with E-state index in [1.807, 2.05) is 31.2 Å². The lowest BCUT2D eigenvalue weighted by atomic mass is 10.0. The molecule has 0 aromatic heterocycles. The zero-order valence-electron chi connectivity index (χ0n) is 12.4. The summed E-state index contributed by atoms with van der Waals surface area (Å²) in [7, 11) is -3.73. The van der Waals surface area contributed by atoms with Crippen molar-refractivity contribution in [1.82, 2.24) is 0 Å². The number of carbonyl (C=O) groups excluding carboxylic acids is 1. The Hall–Kier alpha value is -1.88. The lowest BCUT2D eigenvalue weighted by Crippen LogP contribution is -2.32. The molecule has 1 fully saturated rings. The molecule has 2 aromatic rings. The highest BCUT2D eigenvalue weighted by Gasteiger charge is 2.46. The Balaban J connectivity index is 2.05. The highest BCUT2D eigenvalue weighted by atomic mass is 32.2. The summed E-state index contributed by atoms with van der Waals surface area (Å²) in [5.74, 6) is -0.874. The van der Waals surface area contributed by atoms with Gasteiger partial charge in [-0.15, -0.1) is 0 Å². The number of benzene rings is 2. The van der Waals surface area contributed by atoms with Gasteiger partial charge >= 0.3 is 5.97 Å². The number of cyclic esters (lactones) is 1. The smallest absolute Gasteiger partial charge is 0.325 e. The van der Waals surface area contributed by atoms with Gasteiger partial charge in [0, 0.05) is 5.92 Å². The topological polar surface area (TPSA) is 60.4 Å². The lowest BCUT2D eigenvalue weighted by Gasteiger charge is -2.15. The van der Waals surface area contributed by atoms with E-state index >= 15 is 0 Å². The van der Waals surface area contributed by atoms with Crippen molar-refractivity contribution in [3.8, 4) is 0 Å². The summed E-state index contributed by atoms with van der Waals surface area (Å²) in [5, 5.41) is 0.746. The molecule has 0 radical (unpaired) electrons. The Morgan fingerprint density at radius 3 is 2.59 bits per heavy atom. The second-order valence-electron chi connectivity index (χ2n) is 5.65. The van der Waals surface area contributed by atoms with Crippen LogP contribution in [0.25, 0.3) is 10.8 Å². The van der Waals surface area contributed by atoms with Gasteiger partial charge in [0.25, 0.3) is 0 Å². The molecule has 22 heavy (non-hydrogen) atoms. The standard InChI is InChI=1S/C17H18O4S/c1-2-5-14-11-21-17(18)16(14)22(19,20)15-9-8-12-6-3-4-7-13(12)10-15/h3-4,6-10,14,16H,2,5,11H2,1H3/t14-,16?/m0/s1. The minimum atomic E-state index is -3.73. The maximum absolute atomic E-state index is 12.9. The molecule has 1 unspecified atom stereocenters. The number of esters is 1. The number of ether oxygens (including phenoxy) is 1. The van der Waals surface area contributed by atoms with Crippen molar-refractivity contribution in [2.24, 2.45) is 5.92 Å². The highest BCUT2D eigenvalue weighted by Crippen LogP contribution is 2.31. The van der Waals surface area contributed by atoms with Gasteiger partial charge < -0.3 is 4.74 Å². The van der Waals surface area contributed by atoms with Crippen LogP contribution in [0.5, 0.6) is 0 Å². The molecule has 1 saturated heterocycles. The number of hydrogen-bond acceptors (Lipinski definition) is 4. The van der Waals surface area contributed by atoms with E-state index in [2.05, 4.69) is 0 Å². The molecule has 1 heterocycles. The largest absolute Gasteiger partial charge is 0.464 e. The first-order valence-corrected chi connectivity index (χ1v) is 8.98. The van der Waals surface area contributed by atoms with E-state index < -0.39 is 21.1 Å². The maximum Gasteiger partial charge on any atom is 0.325 e. The van der Waals surface area contributed by atoms with E-state index in [0.717, 1.165) is 17.2 Å². The van der Waals surface area contributed by atoms with Crippen molar-refractivity contribution in [2.45, 2.75) is 29.9 Å². The predicted molar refractivity (Wildman–Crippen MR) is 84.3 cm³/mol. The first-order valence-electron chi connectivity index (χ1n) is 7.43. The summed E-state index contributed by atoms with van der Waals surface area (Å²) >= 11 is 0. The van der Waals surface area contributed by atoms with Crippen LogP contribution in [-0.2, 0) is 19.4 Å². The molecule has 2 atom stereocenters. The van der Waals surface area contributed by atoms with E-state index in [1.54, 1.807) is 18.2 Å². The number of rotatable bonds is 4. The monoisotopic (exact) mass is 318 g/mol. The van der Waals surface area contributed by atoms with Crippen LogP contribution < -0.4 is 0 Å². The van der Waals surface area contributed by atoms with Gasteiger partial charge in [-0.25, -0.2) is 8.42 Å². The van der Waals surface area contributed by atoms with Gasteiger partial charge in [-0.1, -0.05) is 43.7 Å². The van der Waals surface area contributed by atoms with Crippen molar-refractivity contribution < 1.29 is 17.9 Å². The predicted octanol–water partition coefficient (Wildman–Crippen LogP) is 2.96. The molecule has 5 heteroatoms. The van der Waals surface area contributed by atoms with Gasteiger partial charge in [-0.2, -0.15) is 0 Å². The van der Waals surface area contributed by atoms with E-state index in [-0.39, 0.29) is 17.4 Å². The number of sulfone groups is 1. The van der Waals surface area contributed by atoms with Crippen LogP contribution in [0.15, 0.2) is 47.4 Å². The molecular formula is C17H18O4S. The van der Waals surface area contributed by atoms with Crippen LogP contribution >= 0.6 is 0 Å². The molecule has 0 N–H and O–H groups in total. The molecule has 0 amide bonds. The average Bonchev–Trinajstić information content (AvgIpc) is 2.88. The quantitative estimate of drug-likeness (QED) is 0.813. The lowest BCUT2D eigenvalue weighted by molar-refractivity contribution is -0.137. The van der Waals surface area contributed by atoms with Gasteiger partial charge in [0.1, 0.15) is 0 Å². The zero-order valence-corrected chi connectivity index (χ0v) is 13.2. The summed E-state index contributed by atoms with van der Waals surface area (Å²) in [5.41, 5.74) is 0. The third-order valence-corrected chi connectivity index (χ3v) is 6.30. The molecule has 0 bridgehead atoms. The minimum absolute atomic E-state index is 0.191. The molecule has 3 rings (SSSR count). The third kappa shape index (κ3) is 2.50. The van der Waals surface area contributed by atoms with Gasteiger partial charge in [0.15, 0.2) is 15.1 Å². The van der Waals surface area contributed by atoms with E-state index in [4.69, 9.17) is 4.74 Å². The Morgan fingerprint density at radius 1 is 1.14 bits per heavy atom. The van der Waals surface area contributed by atoms with Crippen molar-refractivity contribution in [2.75, 3.05) is 6.61 Å². The maximum atomic E-state index is 12.9. The fourth-order valence-corrected chi connectivity index (χ4v) is 4.91. The molecule has 2 aromatic carbocycles. The Labute approximate surface area is 130 Å². The van der Waals surface area contributed by atoms with Crippen LogP contribution in [0.1, 0.15) is 19.8 Å². The summed E-state index contributed by atoms with van der Waals surface area (Å²) < 4.78 is 30.8. The first-order chi connectivity index (χ1) is 10.5. The highest BCUT2D eigenvalue weighted by molar-refractivity contribution is 7.92. The van der Waals surface area contributed by atoms with Crippen molar-refractivity contribution in [1.29, 1.82) is 0 Å². The molecular weight excluding hydrogens is 300 g/mol. The van der Waals surface area contributed by atoms with E-state index in [0.29, 0.717) is 6.42 Å². The molecule has 1 aliphatic rings. The first kappa shape index (κ1) is 15.0. The van der Waals surface area contributed by atoms with Gasteiger partial charge in [0.05, 0.1) is 11.5 Å². The van der Waals surface area contributed by atoms with Crippen molar-refractivity contribution in [3.63, 3.8) is 0 Å². The summed E-state index contributed by atoms with van der Waals surface area (Å²) in [6.07, 6.45) is 1.49. The molecule has 0 aliphatic carbocycles. The molecule has 116 valence electrons. The summed E-state index contributed by atoms with van der Waals surface area (Å²) in [6, 6.07) is 12.5. The molecule has 0 saturated carbocycles. The number of fused-ring (bicyclic) bond motifs is 1. The van der Waals surface area contributed by atoms with E-state index in [9.17, 15) is 13.2 Å². The van der Waals surface area contributed by atoms with Crippen LogP contribution in [0, 0.1) is 5.92 Å². The molecule has 0 spiro atoms. The summed E-state index contributed by atoms with van der Waals surface area (Å²) in [4.78, 5) is 12.1. The Bertz CT molecular complexity index is 810. The van der Waals surface area contributed by atoms with Gasteiger partial charge in [-0.3, -0.25) is 4.79 Å². The van der Waals surface area contributed by atoms with E-state index in [1.165, 1.54) is 0 Å². The third-order valence-electron chi connectivity index (χ3n) is 4.14. The SMILES string of the molecule is CCC[C@H]1COC(=O)C1S(=O)(=O)c1ccc2ccccc2c1. The van der Waals surface area contributed by atoms with Crippen molar-refractivity contribution in [3.05, 3.63) is 42.5 Å². The number of hydrogen-bond donors (Lipinski definition) is 0. The fourth-order valence-electron chi connectivity index (χ4n) is 3.03. The summed E-state index contributed by atoms with van der Waals surface area (Å²) in [6.45, 7) is 2.17. The van der Waals surface area contributed by atoms with Gasteiger partial charge in [0.2, 0.25) is 0 Å². The van der Waals surface area contributed by atoms with Crippen molar-refractivity contribution >= 4 is 26.6 Å². The van der Waals surface area contributed by atoms with Crippen LogP contribution in [-0.4, -0.2) is 26.2 Å². The van der Waals surface area contributed by atoms with Gasteiger partial charge in [-0.05, 0) is 29.3 Å². The molecule has 4 nitrogen and oxygen atoms in total. The second kappa shape index (κ2) is 5.72. The Kier molecular flexibility index (Phi) is 3.91. The minimum Gasteiger partial charge on any atom is -0.464 e. The van der Waals surface area contributed by atoms with Crippen LogP contribution in [0.2, 0.25) is 0 Å². The van der Waals surface area contributed by atoms with Crippen LogP contribution in [0.4, 0.5) is 0 Å². The zero-order chi connectivity index (χ0) is 15.7. The normalized spacial score (nSPS) is 22.0. The fraction of sp³-hybridized carbons (Fsp3) is 0.353.